The molecule has 7 nitrogen and oxygen atoms in total. The Hall–Kier alpha value is -2.49. The summed E-state index contributed by atoms with van der Waals surface area (Å²) in [4.78, 5) is 17.4. The van der Waals surface area contributed by atoms with E-state index in [1.165, 1.54) is 21.1 Å². The number of aryl methyl sites for hydroxylation is 1. The summed E-state index contributed by atoms with van der Waals surface area (Å²) < 4.78 is 33.9. The molecule has 1 amide bonds. The molecule has 9 heteroatoms. The normalized spacial score (nSPS) is 11.8. The maximum atomic E-state index is 12.9. The molecule has 33 heavy (non-hydrogen) atoms. The van der Waals surface area contributed by atoms with E-state index in [9.17, 15) is 13.2 Å². The van der Waals surface area contributed by atoms with E-state index >= 15 is 0 Å². The minimum Gasteiger partial charge on any atom is -0.492 e. The van der Waals surface area contributed by atoms with Gasteiger partial charge in [0.25, 0.3) is 0 Å². The molecule has 0 spiro atoms. The lowest BCUT2D eigenvalue weighted by Crippen LogP contribution is -2.30. The molecule has 0 aliphatic rings. The third-order valence-corrected chi connectivity index (χ3v) is 8.39. The molecule has 178 valence electrons. The van der Waals surface area contributed by atoms with E-state index in [2.05, 4.69) is 16.4 Å². The zero-order valence-electron chi connectivity index (χ0n) is 19.3. The predicted octanol–water partition coefficient (Wildman–Crippen LogP) is 5.08. The summed E-state index contributed by atoms with van der Waals surface area (Å²) in [6.45, 7) is 6.60. The fraction of sp³-hybridized carbons (Fsp3) is 0.417. The van der Waals surface area contributed by atoms with Gasteiger partial charge in [-0.25, -0.2) is 13.4 Å². The van der Waals surface area contributed by atoms with Crippen LogP contribution in [-0.2, 0) is 21.2 Å². The van der Waals surface area contributed by atoms with Gasteiger partial charge in [0.2, 0.25) is 15.9 Å². The number of sulfonamides is 1. The number of unbranched alkanes of at least 4 members (excludes halogenated alkanes) is 1. The Morgan fingerprint density at radius 2 is 1.85 bits per heavy atom. The average molecular weight is 490 g/mol. The Kier molecular flexibility index (Phi) is 8.82. The Labute approximate surface area is 199 Å². The van der Waals surface area contributed by atoms with E-state index in [-0.39, 0.29) is 10.8 Å². The van der Waals surface area contributed by atoms with Crippen LogP contribution in [0.1, 0.15) is 45.0 Å². The van der Waals surface area contributed by atoms with Crippen molar-refractivity contribution in [1.82, 2.24) is 9.29 Å². The van der Waals surface area contributed by atoms with Crippen LogP contribution in [-0.4, -0.2) is 43.3 Å². The number of para-hydroxylation sites is 1. The molecule has 2 aromatic carbocycles. The lowest BCUT2D eigenvalue weighted by molar-refractivity contribution is -0.116. The molecule has 3 aromatic rings. The van der Waals surface area contributed by atoms with E-state index in [1.807, 2.05) is 25.1 Å². The van der Waals surface area contributed by atoms with E-state index in [4.69, 9.17) is 4.74 Å². The fourth-order valence-corrected chi connectivity index (χ4v) is 6.06. The maximum Gasteiger partial charge on any atom is 0.243 e. The number of hydrogen-bond donors (Lipinski definition) is 1. The first kappa shape index (κ1) is 25.1. The van der Waals surface area contributed by atoms with E-state index in [0.29, 0.717) is 44.0 Å². The van der Waals surface area contributed by atoms with Crippen LogP contribution in [0.15, 0.2) is 47.4 Å². The zero-order valence-corrected chi connectivity index (χ0v) is 21.0. The first-order chi connectivity index (χ1) is 15.9. The third kappa shape index (κ3) is 6.31. The molecule has 0 saturated carbocycles. The summed E-state index contributed by atoms with van der Waals surface area (Å²) in [6.07, 6.45) is 2.73. The van der Waals surface area contributed by atoms with Gasteiger partial charge in [-0.05, 0) is 56.5 Å². The second kappa shape index (κ2) is 11.6. The van der Waals surface area contributed by atoms with E-state index in [1.54, 1.807) is 31.3 Å². The SMILES string of the molecule is CCOc1ccc(S(=O)(=O)N(CC)CC)cc1NC(=O)CCCCc1nc2ccccc2s1. The molecule has 1 aromatic heterocycles. The van der Waals surface area contributed by atoms with Crippen LogP contribution in [0, 0.1) is 0 Å². The number of nitrogens with one attached hydrogen (secondary N) is 1. The lowest BCUT2D eigenvalue weighted by atomic mass is 10.2. The first-order valence-electron chi connectivity index (χ1n) is 11.3. The number of carbonyl (C=O) groups is 1. The van der Waals surface area contributed by atoms with Gasteiger partial charge in [-0.3, -0.25) is 4.79 Å². The molecule has 0 bridgehead atoms. The molecular weight excluding hydrogens is 458 g/mol. The van der Waals surface area contributed by atoms with Crippen LogP contribution in [0.3, 0.4) is 0 Å². The van der Waals surface area contributed by atoms with Crippen LogP contribution in [0.5, 0.6) is 5.75 Å². The number of hydrogen-bond acceptors (Lipinski definition) is 6. The summed E-state index contributed by atoms with van der Waals surface area (Å²) in [5, 5.41) is 3.92. The van der Waals surface area contributed by atoms with Crippen LogP contribution >= 0.6 is 11.3 Å². The number of benzene rings is 2. The van der Waals surface area contributed by atoms with Crippen molar-refractivity contribution in [3.8, 4) is 5.75 Å². The highest BCUT2D eigenvalue weighted by Crippen LogP contribution is 2.30. The number of thiazole rings is 1. The van der Waals surface area contributed by atoms with Gasteiger partial charge >= 0.3 is 0 Å². The minimum absolute atomic E-state index is 0.140. The van der Waals surface area contributed by atoms with Crippen molar-refractivity contribution in [2.75, 3.05) is 25.0 Å². The van der Waals surface area contributed by atoms with Gasteiger partial charge < -0.3 is 10.1 Å². The highest BCUT2D eigenvalue weighted by atomic mass is 32.2. The molecular formula is C24H31N3O4S2. The molecule has 0 fully saturated rings. The highest BCUT2D eigenvalue weighted by Gasteiger charge is 2.23. The third-order valence-electron chi connectivity index (χ3n) is 5.25. The largest absolute Gasteiger partial charge is 0.492 e. The molecule has 0 atom stereocenters. The smallest absolute Gasteiger partial charge is 0.243 e. The van der Waals surface area contributed by atoms with Gasteiger partial charge in [0, 0.05) is 19.5 Å². The van der Waals surface area contributed by atoms with Gasteiger partial charge in [-0.15, -0.1) is 11.3 Å². The molecule has 0 aliphatic carbocycles. The fourth-order valence-electron chi connectivity index (χ4n) is 3.56. The van der Waals surface area contributed by atoms with Crippen LogP contribution in [0.4, 0.5) is 5.69 Å². The van der Waals surface area contributed by atoms with E-state index < -0.39 is 10.0 Å². The van der Waals surface area contributed by atoms with Crippen molar-refractivity contribution in [2.45, 2.75) is 51.3 Å². The van der Waals surface area contributed by atoms with Crippen molar-refractivity contribution in [1.29, 1.82) is 0 Å². The van der Waals surface area contributed by atoms with Crippen LogP contribution in [0.2, 0.25) is 0 Å². The average Bonchev–Trinajstić information content (AvgIpc) is 3.21. The van der Waals surface area contributed by atoms with Crippen molar-refractivity contribution < 1.29 is 17.9 Å². The van der Waals surface area contributed by atoms with Crippen LogP contribution in [0.25, 0.3) is 10.2 Å². The Bertz CT molecular complexity index is 1150. The van der Waals surface area contributed by atoms with Gasteiger partial charge in [0.1, 0.15) is 5.75 Å². The van der Waals surface area contributed by atoms with Crippen molar-refractivity contribution in [3.63, 3.8) is 0 Å². The molecule has 3 rings (SSSR count). The summed E-state index contributed by atoms with van der Waals surface area (Å²) >= 11 is 1.69. The van der Waals surface area contributed by atoms with E-state index in [0.717, 1.165) is 23.4 Å². The number of ether oxygens (including phenoxy) is 1. The number of carbonyl (C=O) groups excluding carboxylic acids is 1. The molecule has 0 unspecified atom stereocenters. The monoisotopic (exact) mass is 489 g/mol. The quantitative estimate of drug-likeness (QED) is 0.359. The van der Waals surface area contributed by atoms with Crippen molar-refractivity contribution in [3.05, 3.63) is 47.5 Å². The van der Waals surface area contributed by atoms with Gasteiger partial charge in [0.15, 0.2) is 0 Å². The van der Waals surface area contributed by atoms with Crippen molar-refractivity contribution in [2.24, 2.45) is 0 Å². The molecule has 1 heterocycles. The summed E-state index contributed by atoms with van der Waals surface area (Å²) in [6, 6.07) is 12.7. The first-order valence-corrected chi connectivity index (χ1v) is 13.6. The van der Waals surface area contributed by atoms with Gasteiger partial charge in [-0.1, -0.05) is 26.0 Å². The van der Waals surface area contributed by atoms with Crippen molar-refractivity contribution >= 4 is 43.2 Å². The number of fused-ring (bicyclic) bond motifs is 1. The standard InChI is InChI=1S/C24H31N3O4S2/c1-4-27(5-2)33(29,30)18-15-16-21(31-6-3)20(17-18)25-23(28)13-9-10-14-24-26-19-11-7-8-12-22(19)32-24/h7-8,11-12,15-17H,4-6,9-10,13-14H2,1-3H3,(H,25,28). The summed E-state index contributed by atoms with van der Waals surface area (Å²) in [5.74, 6) is 0.288. The number of aromatic nitrogens is 1. The molecule has 0 radical (unpaired) electrons. The Morgan fingerprint density at radius 1 is 1.09 bits per heavy atom. The molecule has 0 saturated heterocycles. The van der Waals surface area contributed by atoms with Gasteiger partial charge in [-0.2, -0.15) is 4.31 Å². The molecule has 0 aliphatic heterocycles. The minimum atomic E-state index is -3.63. The Balaban J connectivity index is 1.62. The Morgan fingerprint density at radius 3 is 2.55 bits per heavy atom. The van der Waals surface area contributed by atoms with Crippen LogP contribution < -0.4 is 10.1 Å². The second-order valence-electron chi connectivity index (χ2n) is 7.51. The number of amides is 1. The summed E-state index contributed by atoms with van der Waals surface area (Å²) in [7, 11) is -3.63. The summed E-state index contributed by atoms with van der Waals surface area (Å²) in [5.41, 5.74) is 1.39. The molecule has 1 N–H and O–H groups in total. The second-order valence-corrected chi connectivity index (χ2v) is 10.6. The topological polar surface area (TPSA) is 88.6 Å². The number of rotatable bonds is 12. The van der Waals surface area contributed by atoms with Gasteiger partial charge in [0.05, 0.1) is 32.4 Å². The predicted molar refractivity (Wildman–Crippen MR) is 134 cm³/mol. The highest BCUT2D eigenvalue weighted by molar-refractivity contribution is 7.89. The maximum absolute atomic E-state index is 12.9. The zero-order chi connectivity index (χ0) is 23.8. The number of nitrogens with zero attached hydrogens (tertiary/aromatic N) is 2. The lowest BCUT2D eigenvalue weighted by Gasteiger charge is -2.20. The number of anilines is 1.